The highest BCUT2D eigenvalue weighted by molar-refractivity contribution is 7.12. The fraction of sp³-hybridized carbons (Fsp3) is 0.294. The summed E-state index contributed by atoms with van der Waals surface area (Å²) in [5, 5.41) is 7.33. The Hall–Kier alpha value is -2.14. The molecule has 5 heteroatoms. The third kappa shape index (κ3) is 4.43. The van der Waals surface area contributed by atoms with Gasteiger partial charge in [-0.05, 0) is 35.9 Å². The molecule has 0 spiro atoms. The van der Waals surface area contributed by atoms with E-state index in [2.05, 4.69) is 29.7 Å². The van der Waals surface area contributed by atoms with Gasteiger partial charge in [-0.3, -0.25) is 9.59 Å². The Labute approximate surface area is 134 Å². The van der Waals surface area contributed by atoms with E-state index >= 15 is 0 Å². The molecule has 0 aliphatic heterocycles. The van der Waals surface area contributed by atoms with Crippen LogP contribution in [0.15, 0.2) is 41.8 Å². The molecule has 2 N–H and O–H groups in total. The maximum atomic E-state index is 11.9. The third-order valence-electron chi connectivity index (χ3n) is 3.42. The molecule has 4 nitrogen and oxygen atoms in total. The first-order chi connectivity index (χ1) is 10.6. The molecule has 1 aromatic carbocycles. The molecule has 2 amide bonds. The van der Waals surface area contributed by atoms with Gasteiger partial charge >= 0.3 is 0 Å². The van der Waals surface area contributed by atoms with Gasteiger partial charge in [0.2, 0.25) is 5.91 Å². The molecular weight excluding hydrogens is 296 g/mol. The van der Waals surface area contributed by atoms with Gasteiger partial charge in [0.25, 0.3) is 5.91 Å². The van der Waals surface area contributed by atoms with Crippen LogP contribution < -0.4 is 10.6 Å². The van der Waals surface area contributed by atoms with Gasteiger partial charge in [0, 0.05) is 0 Å². The van der Waals surface area contributed by atoms with E-state index in [-0.39, 0.29) is 24.4 Å². The summed E-state index contributed by atoms with van der Waals surface area (Å²) in [7, 11) is 0. The van der Waals surface area contributed by atoms with Crippen molar-refractivity contribution in [2.24, 2.45) is 0 Å². The van der Waals surface area contributed by atoms with Crippen molar-refractivity contribution in [3.05, 3.63) is 57.8 Å². The largest absolute Gasteiger partial charge is 0.348 e. The Balaban J connectivity index is 1.81. The van der Waals surface area contributed by atoms with Crippen LogP contribution in [0, 0.1) is 0 Å². The summed E-state index contributed by atoms with van der Waals surface area (Å²) in [4.78, 5) is 24.3. The maximum Gasteiger partial charge on any atom is 0.261 e. The van der Waals surface area contributed by atoms with E-state index in [9.17, 15) is 9.59 Å². The minimum Gasteiger partial charge on any atom is -0.348 e. The molecule has 0 radical (unpaired) electrons. The molecule has 1 atom stereocenters. The van der Waals surface area contributed by atoms with Gasteiger partial charge in [0.05, 0.1) is 17.5 Å². The van der Waals surface area contributed by atoms with Crippen LogP contribution in [0.1, 0.15) is 40.7 Å². The van der Waals surface area contributed by atoms with E-state index < -0.39 is 0 Å². The van der Waals surface area contributed by atoms with Gasteiger partial charge in [-0.2, -0.15) is 0 Å². The van der Waals surface area contributed by atoms with Gasteiger partial charge in [-0.25, -0.2) is 0 Å². The first-order valence-electron chi connectivity index (χ1n) is 7.30. The van der Waals surface area contributed by atoms with Crippen LogP contribution in [-0.4, -0.2) is 18.4 Å². The lowest BCUT2D eigenvalue weighted by Gasteiger charge is -2.15. The average Bonchev–Trinajstić information content (AvgIpc) is 3.07. The summed E-state index contributed by atoms with van der Waals surface area (Å²) in [5.41, 5.74) is 2.32. The number of aryl methyl sites for hydroxylation is 1. The second-order valence-electron chi connectivity index (χ2n) is 5.04. The standard InChI is InChI=1S/C17H20N2O2S/c1-3-13-6-8-14(9-7-13)12(2)19-16(20)11-18-17(21)15-5-4-10-22-15/h4-10,12H,3,11H2,1-2H3,(H,18,21)(H,19,20). The topological polar surface area (TPSA) is 58.2 Å². The molecule has 2 rings (SSSR count). The summed E-state index contributed by atoms with van der Waals surface area (Å²) in [6, 6.07) is 11.6. The van der Waals surface area contributed by atoms with E-state index in [4.69, 9.17) is 0 Å². The molecular formula is C17H20N2O2S. The number of amides is 2. The van der Waals surface area contributed by atoms with Crippen LogP contribution in [-0.2, 0) is 11.2 Å². The quantitative estimate of drug-likeness (QED) is 0.861. The van der Waals surface area contributed by atoms with E-state index in [1.54, 1.807) is 6.07 Å². The number of rotatable bonds is 6. The zero-order valence-corrected chi connectivity index (χ0v) is 13.6. The normalized spacial score (nSPS) is 11.7. The predicted molar refractivity (Wildman–Crippen MR) is 89.0 cm³/mol. The molecule has 1 heterocycles. The van der Waals surface area contributed by atoms with Gasteiger partial charge in [-0.1, -0.05) is 37.3 Å². The van der Waals surface area contributed by atoms with Gasteiger partial charge in [0.1, 0.15) is 0 Å². The second-order valence-corrected chi connectivity index (χ2v) is 5.99. The highest BCUT2D eigenvalue weighted by Gasteiger charge is 2.12. The average molecular weight is 316 g/mol. The van der Waals surface area contributed by atoms with E-state index in [0.717, 1.165) is 12.0 Å². The SMILES string of the molecule is CCc1ccc(C(C)NC(=O)CNC(=O)c2cccs2)cc1. The molecule has 1 aromatic heterocycles. The van der Waals surface area contributed by atoms with Crippen molar-refractivity contribution in [3.63, 3.8) is 0 Å². The minimum atomic E-state index is -0.217. The van der Waals surface area contributed by atoms with Crippen molar-refractivity contribution in [1.82, 2.24) is 10.6 Å². The maximum absolute atomic E-state index is 11.9. The first-order valence-corrected chi connectivity index (χ1v) is 8.18. The Morgan fingerprint density at radius 2 is 1.91 bits per heavy atom. The number of carbonyl (C=O) groups excluding carboxylic acids is 2. The number of carbonyl (C=O) groups is 2. The van der Waals surface area contributed by atoms with Crippen LogP contribution >= 0.6 is 11.3 Å². The monoisotopic (exact) mass is 316 g/mol. The summed E-state index contributed by atoms with van der Waals surface area (Å²) in [6.45, 7) is 4.02. The van der Waals surface area contributed by atoms with Crippen LogP contribution in [0.25, 0.3) is 0 Å². The highest BCUT2D eigenvalue weighted by Crippen LogP contribution is 2.13. The third-order valence-corrected chi connectivity index (χ3v) is 4.29. The Bertz CT molecular complexity index is 621. The zero-order chi connectivity index (χ0) is 15.9. The van der Waals surface area contributed by atoms with Gasteiger partial charge in [0.15, 0.2) is 0 Å². The second kappa shape index (κ2) is 7.75. The lowest BCUT2D eigenvalue weighted by atomic mass is 10.1. The molecule has 116 valence electrons. The van der Waals surface area contributed by atoms with Gasteiger partial charge < -0.3 is 10.6 Å². The molecule has 22 heavy (non-hydrogen) atoms. The molecule has 0 aliphatic rings. The molecule has 2 aromatic rings. The fourth-order valence-corrected chi connectivity index (χ4v) is 2.71. The Morgan fingerprint density at radius 3 is 2.50 bits per heavy atom. The molecule has 0 saturated heterocycles. The van der Waals surface area contributed by atoms with Crippen LogP contribution in [0.2, 0.25) is 0 Å². The fourth-order valence-electron chi connectivity index (χ4n) is 2.07. The van der Waals surface area contributed by atoms with E-state index in [1.807, 2.05) is 30.5 Å². The van der Waals surface area contributed by atoms with Crippen LogP contribution in [0.4, 0.5) is 0 Å². The Morgan fingerprint density at radius 1 is 1.18 bits per heavy atom. The van der Waals surface area contributed by atoms with Gasteiger partial charge in [-0.15, -0.1) is 11.3 Å². The number of hydrogen-bond donors (Lipinski definition) is 2. The zero-order valence-electron chi connectivity index (χ0n) is 12.8. The number of nitrogens with one attached hydrogen (secondary N) is 2. The molecule has 0 bridgehead atoms. The summed E-state index contributed by atoms with van der Waals surface area (Å²) in [5.74, 6) is -0.415. The van der Waals surface area contributed by atoms with Crippen molar-refractivity contribution in [2.75, 3.05) is 6.54 Å². The lowest BCUT2D eigenvalue weighted by Crippen LogP contribution is -2.37. The van der Waals surface area contributed by atoms with Crippen molar-refractivity contribution < 1.29 is 9.59 Å². The minimum absolute atomic E-state index is 0.0197. The predicted octanol–water partition coefficient (Wildman–Crippen LogP) is 2.92. The molecule has 0 aliphatic carbocycles. The number of benzene rings is 1. The molecule has 0 saturated carbocycles. The van der Waals surface area contributed by atoms with E-state index in [1.165, 1.54) is 16.9 Å². The highest BCUT2D eigenvalue weighted by atomic mass is 32.1. The summed E-state index contributed by atoms with van der Waals surface area (Å²) < 4.78 is 0. The molecule has 1 unspecified atom stereocenters. The van der Waals surface area contributed by atoms with Crippen molar-refractivity contribution >= 4 is 23.2 Å². The van der Waals surface area contributed by atoms with Crippen molar-refractivity contribution in [2.45, 2.75) is 26.3 Å². The van der Waals surface area contributed by atoms with E-state index in [0.29, 0.717) is 4.88 Å². The van der Waals surface area contributed by atoms with Crippen molar-refractivity contribution in [1.29, 1.82) is 0 Å². The van der Waals surface area contributed by atoms with Crippen molar-refractivity contribution in [3.8, 4) is 0 Å². The summed E-state index contributed by atoms with van der Waals surface area (Å²) in [6.07, 6.45) is 0.996. The number of hydrogen-bond acceptors (Lipinski definition) is 3. The Kier molecular flexibility index (Phi) is 5.72. The van der Waals surface area contributed by atoms with Crippen LogP contribution in [0.3, 0.4) is 0 Å². The first kappa shape index (κ1) is 16.2. The smallest absolute Gasteiger partial charge is 0.261 e. The van der Waals surface area contributed by atoms with Crippen LogP contribution in [0.5, 0.6) is 0 Å². The summed E-state index contributed by atoms with van der Waals surface area (Å²) >= 11 is 1.35. The lowest BCUT2D eigenvalue weighted by molar-refractivity contribution is -0.120. The molecule has 0 fully saturated rings. The number of thiophene rings is 1.